The number of guanidine groups is 1. The van der Waals surface area contributed by atoms with Crippen molar-refractivity contribution in [3.8, 4) is 0 Å². The molecule has 2 N–H and O–H groups in total. The number of thiophene rings is 1. The van der Waals surface area contributed by atoms with Gasteiger partial charge in [-0.15, -0.1) is 35.3 Å². The van der Waals surface area contributed by atoms with E-state index in [-0.39, 0.29) is 24.0 Å². The molecular weight excluding hydrogens is 419 g/mol. The lowest BCUT2D eigenvalue weighted by atomic mass is 9.98. The Morgan fingerprint density at radius 3 is 2.96 bits per heavy atom. The molecule has 2 heterocycles. The van der Waals surface area contributed by atoms with E-state index in [4.69, 9.17) is 0 Å². The van der Waals surface area contributed by atoms with E-state index in [1.54, 1.807) is 0 Å². The third-order valence-electron chi connectivity index (χ3n) is 4.78. The molecule has 23 heavy (non-hydrogen) atoms. The summed E-state index contributed by atoms with van der Waals surface area (Å²) in [6.45, 7) is 6.86. The van der Waals surface area contributed by atoms with Gasteiger partial charge in [0.25, 0.3) is 0 Å². The third kappa shape index (κ3) is 5.90. The van der Waals surface area contributed by atoms with Crippen molar-refractivity contribution in [2.45, 2.75) is 38.8 Å². The summed E-state index contributed by atoms with van der Waals surface area (Å²) in [5, 5.41) is 9.20. The van der Waals surface area contributed by atoms with Crippen LogP contribution in [0.25, 0.3) is 0 Å². The van der Waals surface area contributed by atoms with Crippen LogP contribution in [0.2, 0.25) is 0 Å². The van der Waals surface area contributed by atoms with E-state index >= 15 is 0 Å². The molecule has 3 rings (SSSR count). The lowest BCUT2D eigenvalue weighted by molar-refractivity contribution is 0.169. The van der Waals surface area contributed by atoms with Crippen LogP contribution < -0.4 is 10.6 Å². The Balaban J connectivity index is 0.00000192. The minimum atomic E-state index is 0. The molecule has 0 bridgehead atoms. The van der Waals surface area contributed by atoms with Crippen molar-refractivity contribution < 1.29 is 0 Å². The molecule has 0 amide bonds. The zero-order chi connectivity index (χ0) is 15.4. The van der Waals surface area contributed by atoms with Crippen LogP contribution in [0.5, 0.6) is 0 Å². The fourth-order valence-electron chi connectivity index (χ4n) is 3.22. The first-order valence-corrected chi connectivity index (χ1v) is 9.34. The van der Waals surface area contributed by atoms with E-state index in [1.807, 2.05) is 18.4 Å². The van der Waals surface area contributed by atoms with E-state index in [2.05, 4.69) is 45.0 Å². The average Bonchev–Trinajstić information content (AvgIpc) is 2.99. The van der Waals surface area contributed by atoms with E-state index in [9.17, 15) is 0 Å². The van der Waals surface area contributed by atoms with E-state index in [0.29, 0.717) is 6.04 Å². The predicted octanol–water partition coefficient (Wildman–Crippen LogP) is 3.15. The number of halogens is 1. The largest absolute Gasteiger partial charge is 0.356 e. The maximum atomic E-state index is 4.35. The summed E-state index contributed by atoms with van der Waals surface area (Å²) < 4.78 is 0. The van der Waals surface area contributed by atoms with Crippen LogP contribution in [-0.4, -0.2) is 43.6 Å². The van der Waals surface area contributed by atoms with Crippen LogP contribution in [0, 0.1) is 11.8 Å². The molecule has 0 spiro atoms. The lowest BCUT2D eigenvalue weighted by Gasteiger charge is -2.32. The zero-order valence-corrected chi connectivity index (χ0v) is 17.3. The number of hydrogen-bond donors (Lipinski definition) is 2. The van der Waals surface area contributed by atoms with Crippen molar-refractivity contribution in [3.05, 3.63) is 22.4 Å². The monoisotopic (exact) mass is 448 g/mol. The summed E-state index contributed by atoms with van der Waals surface area (Å²) in [6.07, 6.45) is 3.91. The molecule has 2 aliphatic rings. The molecule has 1 aromatic rings. The summed E-state index contributed by atoms with van der Waals surface area (Å²) in [5.41, 5.74) is 0. The van der Waals surface area contributed by atoms with Gasteiger partial charge in [0.2, 0.25) is 0 Å². The highest BCUT2D eigenvalue weighted by Gasteiger charge is 2.33. The molecule has 4 nitrogen and oxygen atoms in total. The van der Waals surface area contributed by atoms with Crippen LogP contribution in [0.1, 0.15) is 31.1 Å². The highest BCUT2D eigenvalue weighted by Crippen LogP contribution is 2.28. The molecule has 1 saturated carbocycles. The molecule has 3 unspecified atom stereocenters. The van der Waals surface area contributed by atoms with Gasteiger partial charge in [-0.05, 0) is 49.1 Å². The van der Waals surface area contributed by atoms with Gasteiger partial charge in [0.1, 0.15) is 0 Å². The maximum absolute atomic E-state index is 4.35. The van der Waals surface area contributed by atoms with E-state index < -0.39 is 0 Å². The van der Waals surface area contributed by atoms with Crippen molar-refractivity contribution in [1.82, 2.24) is 15.5 Å². The van der Waals surface area contributed by atoms with Crippen molar-refractivity contribution in [3.63, 3.8) is 0 Å². The third-order valence-corrected chi connectivity index (χ3v) is 5.64. The first-order valence-electron chi connectivity index (χ1n) is 8.46. The number of hydrogen-bond acceptors (Lipinski definition) is 3. The SMILES string of the molecule is CN=C(NCC1CCCN(Cc2cccs2)C1)NC1CC1C.I. The minimum Gasteiger partial charge on any atom is -0.356 e. The average molecular weight is 448 g/mol. The van der Waals surface area contributed by atoms with Crippen LogP contribution in [0.3, 0.4) is 0 Å². The molecule has 6 heteroatoms. The van der Waals surface area contributed by atoms with Crippen molar-refractivity contribution in [2.24, 2.45) is 16.8 Å². The number of aliphatic imine (C=N–C) groups is 1. The zero-order valence-electron chi connectivity index (χ0n) is 14.1. The Labute approximate surface area is 161 Å². The summed E-state index contributed by atoms with van der Waals surface area (Å²) in [7, 11) is 1.87. The van der Waals surface area contributed by atoms with Gasteiger partial charge in [-0.25, -0.2) is 0 Å². The highest BCUT2D eigenvalue weighted by molar-refractivity contribution is 14.0. The molecule has 130 valence electrons. The Hall–Kier alpha value is -0.340. The number of likely N-dealkylation sites (tertiary alicyclic amines) is 1. The molecule has 1 aromatic heterocycles. The Bertz CT molecular complexity index is 491. The summed E-state index contributed by atoms with van der Waals surface area (Å²) in [4.78, 5) is 8.43. The number of piperidine rings is 1. The fraction of sp³-hybridized carbons (Fsp3) is 0.706. The maximum Gasteiger partial charge on any atom is 0.191 e. The Morgan fingerprint density at radius 2 is 2.30 bits per heavy atom. The van der Waals surface area contributed by atoms with Gasteiger partial charge in [0.05, 0.1) is 0 Å². The number of nitrogens with zero attached hydrogens (tertiary/aromatic N) is 2. The van der Waals surface area contributed by atoms with Crippen LogP contribution in [-0.2, 0) is 6.54 Å². The molecule has 0 aromatic carbocycles. The Kier molecular flexibility index (Phi) is 7.62. The highest BCUT2D eigenvalue weighted by atomic mass is 127. The standard InChI is InChI=1S/C17H28N4S.HI/c1-13-9-16(13)20-17(18-2)19-10-14-5-3-7-21(11-14)12-15-6-4-8-22-15;/h4,6,8,13-14,16H,3,5,7,9-12H2,1-2H3,(H2,18,19,20);1H. The van der Waals surface area contributed by atoms with Crippen LogP contribution in [0.4, 0.5) is 0 Å². The predicted molar refractivity (Wildman–Crippen MR) is 110 cm³/mol. The van der Waals surface area contributed by atoms with Gasteiger partial charge < -0.3 is 10.6 Å². The van der Waals surface area contributed by atoms with Gasteiger partial charge in [0.15, 0.2) is 5.96 Å². The molecule has 1 saturated heterocycles. The molecule has 2 fully saturated rings. The second-order valence-corrected chi connectivity index (χ2v) is 7.77. The second-order valence-electron chi connectivity index (χ2n) is 6.74. The first kappa shape index (κ1) is 19.0. The molecular formula is C17H29IN4S. The first-order chi connectivity index (χ1) is 10.7. The molecule has 3 atom stereocenters. The summed E-state index contributed by atoms with van der Waals surface area (Å²) >= 11 is 1.87. The second kappa shape index (κ2) is 9.22. The van der Waals surface area contributed by atoms with Gasteiger partial charge in [-0.3, -0.25) is 9.89 Å². The fourth-order valence-corrected chi connectivity index (χ4v) is 3.97. The van der Waals surface area contributed by atoms with Crippen molar-refractivity contribution >= 4 is 41.3 Å². The molecule has 1 aliphatic carbocycles. The summed E-state index contributed by atoms with van der Waals surface area (Å²) in [6, 6.07) is 5.03. The number of nitrogens with one attached hydrogen (secondary N) is 2. The van der Waals surface area contributed by atoms with Gasteiger partial charge in [-0.1, -0.05) is 13.0 Å². The smallest absolute Gasteiger partial charge is 0.191 e. The van der Waals surface area contributed by atoms with E-state index in [0.717, 1.165) is 30.9 Å². The van der Waals surface area contributed by atoms with Gasteiger partial charge >= 0.3 is 0 Å². The quantitative estimate of drug-likeness (QED) is 0.413. The molecule has 0 radical (unpaired) electrons. The number of rotatable bonds is 5. The van der Waals surface area contributed by atoms with Crippen molar-refractivity contribution in [1.29, 1.82) is 0 Å². The molecule has 1 aliphatic heterocycles. The topological polar surface area (TPSA) is 39.7 Å². The van der Waals surface area contributed by atoms with Gasteiger partial charge in [0, 0.05) is 37.6 Å². The van der Waals surface area contributed by atoms with Gasteiger partial charge in [-0.2, -0.15) is 0 Å². The minimum absolute atomic E-state index is 0. The van der Waals surface area contributed by atoms with E-state index in [1.165, 1.54) is 37.2 Å². The lowest BCUT2D eigenvalue weighted by Crippen LogP contribution is -2.44. The normalized spacial score (nSPS) is 28.1. The van der Waals surface area contributed by atoms with Crippen molar-refractivity contribution in [2.75, 3.05) is 26.7 Å². The van der Waals surface area contributed by atoms with Crippen LogP contribution >= 0.6 is 35.3 Å². The summed E-state index contributed by atoms with van der Waals surface area (Å²) in [5.74, 6) is 2.50. The Morgan fingerprint density at radius 1 is 1.48 bits per heavy atom. The van der Waals surface area contributed by atoms with Crippen LogP contribution in [0.15, 0.2) is 22.5 Å².